The summed E-state index contributed by atoms with van der Waals surface area (Å²) in [5, 5.41) is 4.64. The average Bonchev–Trinajstić information content (AvgIpc) is 2.93. The number of aryl methyl sites for hydroxylation is 1. The van der Waals surface area contributed by atoms with Gasteiger partial charge in [-0.3, -0.25) is 10.1 Å². The standard InChI is InChI=1S/C16H13ClFN3O2/c1-8-5-10(6-14-15(22)20-16(23)19-14)9(2)21(8)11-3-4-13(18)12(17)7-11/h3-7H,1-2H3,(H2,19,20,22,23). The second-order valence-corrected chi connectivity index (χ2v) is 5.63. The maximum Gasteiger partial charge on any atom is 0.326 e. The fourth-order valence-corrected chi connectivity index (χ4v) is 2.77. The smallest absolute Gasteiger partial charge is 0.318 e. The Morgan fingerprint density at radius 3 is 2.52 bits per heavy atom. The molecule has 2 heterocycles. The average molecular weight is 334 g/mol. The third-order valence-corrected chi connectivity index (χ3v) is 3.94. The largest absolute Gasteiger partial charge is 0.326 e. The molecule has 0 bridgehead atoms. The van der Waals surface area contributed by atoms with Crippen LogP contribution in [0.2, 0.25) is 5.02 Å². The van der Waals surface area contributed by atoms with Crippen molar-refractivity contribution in [3.63, 3.8) is 0 Å². The fraction of sp³-hybridized carbons (Fsp3) is 0.125. The van der Waals surface area contributed by atoms with Crippen LogP contribution in [0.3, 0.4) is 0 Å². The lowest BCUT2D eigenvalue weighted by Gasteiger charge is -2.10. The highest BCUT2D eigenvalue weighted by molar-refractivity contribution is 6.30. The van der Waals surface area contributed by atoms with Gasteiger partial charge < -0.3 is 9.88 Å². The highest BCUT2D eigenvalue weighted by Gasteiger charge is 2.23. The van der Waals surface area contributed by atoms with E-state index in [0.29, 0.717) is 0 Å². The van der Waals surface area contributed by atoms with Gasteiger partial charge in [0.25, 0.3) is 5.91 Å². The second-order valence-electron chi connectivity index (χ2n) is 5.23. The lowest BCUT2D eigenvalue weighted by Crippen LogP contribution is -2.22. The summed E-state index contributed by atoms with van der Waals surface area (Å²) in [5.41, 5.74) is 3.41. The van der Waals surface area contributed by atoms with E-state index in [2.05, 4.69) is 10.6 Å². The predicted molar refractivity (Wildman–Crippen MR) is 84.9 cm³/mol. The molecule has 1 aliphatic heterocycles. The fourth-order valence-electron chi connectivity index (χ4n) is 2.59. The molecule has 1 saturated heterocycles. The molecular formula is C16H13ClFN3O2. The number of imide groups is 1. The summed E-state index contributed by atoms with van der Waals surface area (Å²) in [7, 11) is 0. The highest BCUT2D eigenvalue weighted by Crippen LogP contribution is 2.25. The van der Waals surface area contributed by atoms with Crippen molar-refractivity contribution in [3.8, 4) is 5.69 Å². The highest BCUT2D eigenvalue weighted by atomic mass is 35.5. The summed E-state index contributed by atoms with van der Waals surface area (Å²) < 4.78 is 15.2. The molecule has 2 N–H and O–H groups in total. The van der Waals surface area contributed by atoms with E-state index in [-0.39, 0.29) is 10.7 Å². The van der Waals surface area contributed by atoms with Crippen molar-refractivity contribution in [1.29, 1.82) is 0 Å². The van der Waals surface area contributed by atoms with E-state index < -0.39 is 17.8 Å². The number of halogens is 2. The lowest BCUT2D eigenvalue weighted by molar-refractivity contribution is -0.115. The SMILES string of the molecule is Cc1cc(C=C2NC(=O)NC2=O)c(C)n1-c1ccc(F)c(Cl)c1. The Morgan fingerprint density at radius 2 is 1.91 bits per heavy atom. The van der Waals surface area contributed by atoms with Crippen molar-refractivity contribution in [1.82, 2.24) is 15.2 Å². The van der Waals surface area contributed by atoms with Gasteiger partial charge in [-0.15, -0.1) is 0 Å². The van der Waals surface area contributed by atoms with Gasteiger partial charge in [0.2, 0.25) is 0 Å². The molecule has 3 rings (SSSR count). The van der Waals surface area contributed by atoms with Crippen LogP contribution in [0.4, 0.5) is 9.18 Å². The summed E-state index contributed by atoms with van der Waals surface area (Å²) in [6, 6.07) is 5.80. The third kappa shape index (κ3) is 2.73. The van der Waals surface area contributed by atoms with E-state index in [1.807, 2.05) is 24.5 Å². The zero-order valence-corrected chi connectivity index (χ0v) is 13.2. The Morgan fingerprint density at radius 1 is 1.17 bits per heavy atom. The van der Waals surface area contributed by atoms with Crippen molar-refractivity contribution in [2.45, 2.75) is 13.8 Å². The maximum atomic E-state index is 13.3. The van der Waals surface area contributed by atoms with Crippen LogP contribution in [0.25, 0.3) is 11.8 Å². The first-order valence-corrected chi connectivity index (χ1v) is 7.23. The Balaban J connectivity index is 2.06. The number of aromatic nitrogens is 1. The molecule has 1 aliphatic rings. The molecule has 2 aromatic rings. The van der Waals surface area contributed by atoms with Crippen LogP contribution >= 0.6 is 11.6 Å². The van der Waals surface area contributed by atoms with Crippen molar-refractivity contribution in [3.05, 3.63) is 57.8 Å². The molecule has 0 atom stereocenters. The first-order chi connectivity index (χ1) is 10.9. The Labute approximate surface area is 136 Å². The van der Waals surface area contributed by atoms with Gasteiger partial charge in [0, 0.05) is 17.1 Å². The van der Waals surface area contributed by atoms with Crippen molar-refractivity contribution < 1.29 is 14.0 Å². The van der Waals surface area contributed by atoms with Crippen LogP contribution in [0.5, 0.6) is 0 Å². The van der Waals surface area contributed by atoms with Gasteiger partial charge in [0.05, 0.1) is 5.02 Å². The number of rotatable bonds is 2. The molecular weight excluding hydrogens is 321 g/mol. The van der Waals surface area contributed by atoms with Crippen LogP contribution in [0.15, 0.2) is 30.0 Å². The number of carbonyl (C=O) groups excluding carboxylic acids is 2. The van der Waals surface area contributed by atoms with Gasteiger partial charge in [-0.25, -0.2) is 9.18 Å². The maximum absolute atomic E-state index is 13.3. The van der Waals surface area contributed by atoms with Gasteiger partial charge in [-0.1, -0.05) is 11.6 Å². The molecule has 118 valence electrons. The molecule has 0 spiro atoms. The number of urea groups is 1. The van der Waals surface area contributed by atoms with E-state index in [9.17, 15) is 14.0 Å². The third-order valence-electron chi connectivity index (χ3n) is 3.65. The van der Waals surface area contributed by atoms with E-state index in [0.717, 1.165) is 22.6 Å². The van der Waals surface area contributed by atoms with Crippen molar-refractivity contribution in [2.75, 3.05) is 0 Å². The van der Waals surface area contributed by atoms with Gasteiger partial charge in [-0.2, -0.15) is 0 Å². The molecule has 23 heavy (non-hydrogen) atoms. The summed E-state index contributed by atoms with van der Waals surface area (Å²) in [6.07, 6.45) is 1.60. The van der Waals surface area contributed by atoms with Gasteiger partial charge in [-0.05, 0) is 49.8 Å². The quantitative estimate of drug-likeness (QED) is 0.655. The number of nitrogens with one attached hydrogen (secondary N) is 2. The van der Waals surface area contributed by atoms with Crippen LogP contribution in [-0.4, -0.2) is 16.5 Å². The minimum atomic E-state index is -0.541. The Hall–Kier alpha value is -2.60. The number of carbonyl (C=O) groups is 2. The summed E-state index contributed by atoms with van der Waals surface area (Å²) in [6.45, 7) is 3.75. The second kappa shape index (κ2) is 5.55. The number of hydrogen-bond donors (Lipinski definition) is 2. The molecule has 7 heteroatoms. The van der Waals surface area contributed by atoms with Gasteiger partial charge in [0.1, 0.15) is 11.5 Å². The minimum Gasteiger partial charge on any atom is -0.318 e. The summed E-state index contributed by atoms with van der Waals surface area (Å²) >= 11 is 5.85. The van der Waals surface area contributed by atoms with Crippen molar-refractivity contribution >= 4 is 29.6 Å². The van der Waals surface area contributed by atoms with Gasteiger partial charge in [0.15, 0.2) is 0 Å². The Kier molecular flexibility index (Phi) is 3.69. The molecule has 0 unspecified atom stereocenters. The molecule has 0 saturated carbocycles. The zero-order chi connectivity index (χ0) is 16.7. The molecule has 0 aliphatic carbocycles. The number of amides is 3. The van der Waals surface area contributed by atoms with E-state index in [1.165, 1.54) is 12.1 Å². The van der Waals surface area contributed by atoms with E-state index in [1.54, 1.807) is 12.1 Å². The summed E-state index contributed by atoms with van der Waals surface area (Å²) in [5.74, 6) is -0.949. The first-order valence-electron chi connectivity index (χ1n) is 6.85. The van der Waals surface area contributed by atoms with Crippen LogP contribution in [0.1, 0.15) is 17.0 Å². The van der Waals surface area contributed by atoms with Crippen molar-refractivity contribution in [2.24, 2.45) is 0 Å². The molecule has 1 fully saturated rings. The topological polar surface area (TPSA) is 63.1 Å². The van der Waals surface area contributed by atoms with E-state index >= 15 is 0 Å². The summed E-state index contributed by atoms with van der Waals surface area (Å²) in [4.78, 5) is 22.8. The Bertz CT molecular complexity index is 870. The van der Waals surface area contributed by atoms with Gasteiger partial charge >= 0.3 is 6.03 Å². The zero-order valence-electron chi connectivity index (χ0n) is 12.4. The minimum absolute atomic E-state index is 0.0392. The number of hydrogen-bond acceptors (Lipinski definition) is 2. The van der Waals surface area contributed by atoms with Crippen LogP contribution < -0.4 is 10.6 Å². The number of nitrogens with zero attached hydrogens (tertiary/aromatic N) is 1. The molecule has 5 nitrogen and oxygen atoms in total. The first kappa shape index (κ1) is 15.3. The molecule has 0 radical (unpaired) electrons. The lowest BCUT2D eigenvalue weighted by atomic mass is 10.2. The molecule has 1 aromatic carbocycles. The van der Waals surface area contributed by atoms with Crippen LogP contribution in [0, 0.1) is 19.7 Å². The predicted octanol–water partition coefficient (Wildman–Crippen LogP) is 3.07. The molecule has 3 amide bonds. The number of benzene rings is 1. The normalized spacial score (nSPS) is 15.9. The monoisotopic (exact) mass is 333 g/mol. The van der Waals surface area contributed by atoms with E-state index in [4.69, 9.17) is 11.6 Å². The molecule has 1 aromatic heterocycles. The van der Waals surface area contributed by atoms with Crippen LogP contribution in [-0.2, 0) is 4.79 Å².